The smallest absolute Gasteiger partial charge is 0.407 e. The van der Waals surface area contributed by atoms with Crippen molar-refractivity contribution in [1.82, 2.24) is 10.2 Å². The Morgan fingerprint density at radius 3 is 2.40 bits per heavy atom. The molecule has 3 atom stereocenters. The largest absolute Gasteiger partial charge is 0.479 e. The Kier molecular flexibility index (Phi) is 6.23. The molecule has 1 unspecified atom stereocenters. The van der Waals surface area contributed by atoms with Crippen LogP contribution in [0, 0.1) is 0 Å². The van der Waals surface area contributed by atoms with Crippen molar-refractivity contribution in [2.45, 2.75) is 56.2 Å². The maximum atomic E-state index is 13.3. The minimum Gasteiger partial charge on any atom is -0.479 e. The zero-order chi connectivity index (χ0) is 24.6. The van der Waals surface area contributed by atoms with Crippen LogP contribution in [0.25, 0.3) is 11.1 Å². The number of ether oxygens (including phenoxy) is 2. The lowest BCUT2D eigenvalue weighted by molar-refractivity contribution is -0.161. The third-order valence-electron chi connectivity index (χ3n) is 7.72. The van der Waals surface area contributed by atoms with E-state index in [1.165, 1.54) is 4.90 Å². The molecule has 2 aromatic carbocycles. The highest BCUT2D eigenvalue weighted by molar-refractivity contribution is 5.90. The molecular formula is C27H30N2O6. The van der Waals surface area contributed by atoms with Crippen molar-refractivity contribution in [1.29, 1.82) is 0 Å². The molecule has 2 saturated heterocycles. The third-order valence-corrected chi connectivity index (χ3v) is 7.72. The number of hydrogen-bond donors (Lipinski definition) is 2. The van der Waals surface area contributed by atoms with Crippen LogP contribution in [0.4, 0.5) is 4.79 Å². The predicted molar refractivity (Wildman–Crippen MR) is 128 cm³/mol. The number of aliphatic carboxylic acids is 1. The summed E-state index contributed by atoms with van der Waals surface area (Å²) >= 11 is 0. The minimum atomic E-state index is -1.21. The summed E-state index contributed by atoms with van der Waals surface area (Å²) in [5, 5.41) is 12.6. The molecule has 2 heterocycles. The van der Waals surface area contributed by atoms with Gasteiger partial charge in [0.25, 0.3) is 5.91 Å². The number of carbonyl (C=O) groups excluding carboxylic acids is 2. The number of hydrogen-bond acceptors (Lipinski definition) is 5. The van der Waals surface area contributed by atoms with E-state index < -0.39 is 29.7 Å². The highest BCUT2D eigenvalue weighted by Gasteiger charge is 2.51. The van der Waals surface area contributed by atoms with E-state index >= 15 is 0 Å². The van der Waals surface area contributed by atoms with Gasteiger partial charge in [-0.3, -0.25) is 4.79 Å². The van der Waals surface area contributed by atoms with Gasteiger partial charge < -0.3 is 24.8 Å². The molecule has 2 aromatic rings. The number of fused-ring (bicyclic) bond motifs is 3. The second kappa shape index (κ2) is 9.34. The fourth-order valence-corrected chi connectivity index (χ4v) is 5.87. The number of carbonyl (C=O) groups is 3. The minimum absolute atomic E-state index is 0.0595. The molecule has 0 spiro atoms. The van der Waals surface area contributed by atoms with Crippen LogP contribution >= 0.6 is 0 Å². The number of alkyl carbamates (subject to hydrolysis) is 1. The molecule has 2 fully saturated rings. The van der Waals surface area contributed by atoms with Crippen molar-refractivity contribution >= 4 is 18.0 Å². The van der Waals surface area contributed by atoms with E-state index in [4.69, 9.17) is 9.47 Å². The first-order chi connectivity index (χ1) is 17.0. The fourth-order valence-electron chi connectivity index (χ4n) is 5.87. The Hall–Kier alpha value is -3.39. The molecule has 1 aliphatic carbocycles. The first-order valence-corrected chi connectivity index (χ1v) is 12.2. The van der Waals surface area contributed by atoms with Crippen molar-refractivity contribution in [3.05, 3.63) is 59.7 Å². The first-order valence-electron chi connectivity index (χ1n) is 12.2. The molecule has 35 heavy (non-hydrogen) atoms. The molecular weight excluding hydrogens is 448 g/mol. The molecule has 2 N–H and O–H groups in total. The van der Waals surface area contributed by atoms with Gasteiger partial charge in [0.15, 0.2) is 6.10 Å². The van der Waals surface area contributed by atoms with Gasteiger partial charge in [0.2, 0.25) is 0 Å². The van der Waals surface area contributed by atoms with Crippen LogP contribution in [0.2, 0.25) is 0 Å². The third kappa shape index (κ3) is 3.95. The van der Waals surface area contributed by atoms with Crippen molar-refractivity contribution in [2.24, 2.45) is 0 Å². The standard InChI is InChI=1S/C27H30N2O6/c1-2-27(25(31)32)13-7-14-29(27)24(30)23-22(12-15-34-23)28-26(33)35-16-21-19-10-5-3-8-17(19)18-9-4-6-11-20(18)21/h3-6,8-11,21-23H,2,7,12-16H2,1H3,(H,28,33)(H,31,32)/t22-,23+,27?/m1/s1. The SMILES string of the molecule is CCC1(C(=O)O)CCCN1C(=O)[C@H]1OCC[C@H]1NC(=O)OCC1c2ccccc2-c2ccccc21. The number of nitrogens with zero attached hydrogens (tertiary/aromatic N) is 1. The summed E-state index contributed by atoms with van der Waals surface area (Å²) in [4.78, 5) is 39.5. The van der Waals surface area contributed by atoms with Crippen LogP contribution in [0.5, 0.6) is 0 Å². The lowest BCUT2D eigenvalue weighted by atomic mass is 9.92. The average Bonchev–Trinajstić information content (AvgIpc) is 3.59. The zero-order valence-electron chi connectivity index (χ0n) is 19.7. The van der Waals surface area contributed by atoms with Crippen LogP contribution in [-0.2, 0) is 19.1 Å². The van der Waals surface area contributed by atoms with Gasteiger partial charge in [0, 0.05) is 19.1 Å². The van der Waals surface area contributed by atoms with Gasteiger partial charge >= 0.3 is 12.1 Å². The molecule has 0 saturated carbocycles. The summed E-state index contributed by atoms with van der Waals surface area (Å²) in [5.74, 6) is -1.44. The summed E-state index contributed by atoms with van der Waals surface area (Å²) in [5.41, 5.74) is 3.33. The maximum Gasteiger partial charge on any atom is 0.407 e. The summed E-state index contributed by atoms with van der Waals surface area (Å²) in [7, 11) is 0. The van der Waals surface area contributed by atoms with E-state index in [0.29, 0.717) is 38.8 Å². The number of amides is 2. The number of carboxylic acid groups (broad SMARTS) is 1. The molecule has 2 aliphatic heterocycles. The molecule has 0 bridgehead atoms. The van der Waals surface area contributed by atoms with E-state index in [9.17, 15) is 19.5 Å². The Morgan fingerprint density at radius 2 is 1.77 bits per heavy atom. The Morgan fingerprint density at radius 1 is 1.11 bits per heavy atom. The predicted octanol–water partition coefficient (Wildman–Crippen LogP) is 3.54. The molecule has 2 amide bonds. The van der Waals surface area contributed by atoms with Crippen LogP contribution < -0.4 is 5.32 Å². The summed E-state index contributed by atoms with van der Waals surface area (Å²) in [6.07, 6.45) is 0.303. The molecule has 184 valence electrons. The Balaban J connectivity index is 1.24. The highest BCUT2D eigenvalue weighted by atomic mass is 16.6. The summed E-state index contributed by atoms with van der Waals surface area (Å²) in [6.45, 7) is 2.64. The Bertz CT molecular complexity index is 1100. The molecule has 0 aromatic heterocycles. The van der Waals surface area contributed by atoms with Crippen molar-refractivity contribution < 1.29 is 29.0 Å². The number of nitrogens with one attached hydrogen (secondary N) is 1. The molecule has 8 heteroatoms. The van der Waals surface area contributed by atoms with E-state index in [-0.39, 0.29) is 18.4 Å². The lowest BCUT2D eigenvalue weighted by Crippen LogP contribution is -2.58. The van der Waals surface area contributed by atoms with Crippen molar-refractivity contribution in [2.75, 3.05) is 19.8 Å². The molecule has 3 aliphatic rings. The van der Waals surface area contributed by atoms with E-state index in [2.05, 4.69) is 29.6 Å². The van der Waals surface area contributed by atoms with Crippen molar-refractivity contribution in [3.8, 4) is 11.1 Å². The number of likely N-dealkylation sites (tertiary alicyclic amines) is 1. The normalized spacial score (nSPS) is 25.2. The second-order valence-corrected chi connectivity index (χ2v) is 9.44. The molecule has 8 nitrogen and oxygen atoms in total. The van der Waals surface area contributed by atoms with Crippen LogP contribution in [0.1, 0.15) is 49.7 Å². The van der Waals surface area contributed by atoms with Gasteiger partial charge in [-0.15, -0.1) is 0 Å². The zero-order valence-corrected chi connectivity index (χ0v) is 19.7. The van der Waals surface area contributed by atoms with Gasteiger partial charge in [-0.25, -0.2) is 9.59 Å². The topological polar surface area (TPSA) is 105 Å². The van der Waals surface area contributed by atoms with Gasteiger partial charge in [-0.05, 0) is 47.9 Å². The van der Waals surface area contributed by atoms with Gasteiger partial charge in [0.05, 0.1) is 6.04 Å². The number of rotatable bonds is 6. The quantitative estimate of drug-likeness (QED) is 0.658. The highest BCUT2D eigenvalue weighted by Crippen LogP contribution is 2.44. The number of benzene rings is 2. The average molecular weight is 479 g/mol. The fraction of sp³-hybridized carbons (Fsp3) is 0.444. The molecule has 0 radical (unpaired) electrons. The van der Waals surface area contributed by atoms with E-state index in [1.54, 1.807) is 6.92 Å². The van der Waals surface area contributed by atoms with Gasteiger partial charge in [-0.1, -0.05) is 55.5 Å². The lowest BCUT2D eigenvalue weighted by Gasteiger charge is -2.36. The van der Waals surface area contributed by atoms with Gasteiger partial charge in [0.1, 0.15) is 12.1 Å². The summed E-state index contributed by atoms with van der Waals surface area (Å²) in [6, 6.07) is 15.7. The first kappa shape index (κ1) is 23.4. The van der Waals surface area contributed by atoms with Gasteiger partial charge in [-0.2, -0.15) is 0 Å². The van der Waals surface area contributed by atoms with E-state index in [0.717, 1.165) is 22.3 Å². The maximum absolute atomic E-state index is 13.3. The number of carboxylic acids is 1. The summed E-state index contributed by atoms with van der Waals surface area (Å²) < 4.78 is 11.3. The van der Waals surface area contributed by atoms with Crippen LogP contribution in [-0.4, -0.2) is 65.4 Å². The Labute approximate surface area is 204 Å². The van der Waals surface area contributed by atoms with Crippen molar-refractivity contribution in [3.63, 3.8) is 0 Å². The van der Waals surface area contributed by atoms with Crippen LogP contribution in [0.3, 0.4) is 0 Å². The van der Waals surface area contributed by atoms with E-state index in [1.807, 2.05) is 24.3 Å². The second-order valence-electron chi connectivity index (χ2n) is 9.44. The molecule has 5 rings (SSSR count). The monoisotopic (exact) mass is 478 g/mol. The van der Waals surface area contributed by atoms with Crippen LogP contribution in [0.15, 0.2) is 48.5 Å².